The number of carbonyl (C=O) groups excluding carboxylic acids is 1. The molecule has 3 rings (SSSR count). The highest BCUT2D eigenvalue weighted by atomic mass is 16.5. The first kappa shape index (κ1) is 15.3. The summed E-state index contributed by atoms with van der Waals surface area (Å²) in [5.74, 6) is 0.887. The van der Waals surface area contributed by atoms with E-state index in [-0.39, 0.29) is 12.0 Å². The molecule has 0 aromatic carbocycles. The third-order valence-electron chi connectivity index (χ3n) is 5.13. The molecule has 0 radical (unpaired) electrons. The summed E-state index contributed by atoms with van der Waals surface area (Å²) < 4.78 is 5.54. The van der Waals surface area contributed by atoms with Crippen LogP contribution in [0.5, 0.6) is 0 Å². The van der Waals surface area contributed by atoms with Crippen LogP contribution in [-0.2, 0) is 9.53 Å². The van der Waals surface area contributed by atoms with Gasteiger partial charge in [-0.2, -0.15) is 0 Å². The average Bonchev–Trinajstić information content (AvgIpc) is 3.19. The Bertz CT molecular complexity index is 338. The Kier molecular flexibility index (Phi) is 5.49. The lowest BCUT2D eigenvalue weighted by atomic mass is 9.90. The molecule has 3 unspecified atom stereocenters. The van der Waals surface area contributed by atoms with Crippen LogP contribution in [0.1, 0.15) is 38.5 Å². The predicted molar refractivity (Wildman–Crippen MR) is 82.2 cm³/mol. The van der Waals surface area contributed by atoms with Gasteiger partial charge in [0.15, 0.2) is 0 Å². The van der Waals surface area contributed by atoms with E-state index < -0.39 is 0 Å². The molecule has 5 nitrogen and oxygen atoms in total. The second kappa shape index (κ2) is 7.56. The van der Waals surface area contributed by atoms with Crippen LogP contribution in [0.15, 0.2) is 0 Å². The normalized spacial score (nSPS) is 34.2. The number of rotatable bonds is 5. The number of hydrogen-bond acceptors (Lipinski definition) is 4. The fourth-order valence-corrected chi connectivity index (χ4v) is 3.97. The van der Waals surface area contributed by atoms with Gasteiger partial charge in [0.25, 0.3) is 0 Å². The zero-order chi connectivity index (χ0) is 14.5. The largest absolute Gasteiger partial charge is 0.376 e. The first-order chi connectivity index (χ1) is 10.3. The molecule has 21 heavy (non-hydrogen) atoms. The quantitative estimate of drug-likeness (QED) is 0.786. The van der Waals surface area contributed by atoms with E-state index in [1.54, 1.807) is 0 Å². The summed E-state index contributed by atoms with van der Waals surface area (Å²) in [7, 11) is 0. The van der Waals surface area contributed by atoms with Crippen molar-refractivity contribution in [3.63, 3.8) is 0 Å². The number of nitrogens with zero attached hydrogens (tertiary/aromatic N) is 1. The average molecular weight is 295 g/mol. The van der Waals surface area contributed by atoms with Gasteiger partial charge in [0.2, 0.25) is 5.91 Å². The molecule has 3 fully saturated rings. The minimum absolute atomic E-state index is 0.158. The number of likely N-dealkylation sites (tertiary alicyclic amines) is 1. The van der Waals surface area contributed by atoms with Gasteiger partial charge in [-0.05, 0) is 57.5 Å². The second-order valence-corrected chi connectivity index (χ2v) is 6.78. The molecule has 5 heteroatoms. The number of nitrogens with one attached hydrogen (secondary N) is 2. The molecule has 3 aliphatic heterocycles. The fraction of sp³-hybridized carbons (Fsp3) is 0.938. The van der Waals surface area contributed by atoms with Gasteiger partial charge in [0, 0.05) is 25.7 Å². The molecule has 0 aromatic rings. The van der Waals surface area contributed by atoms with Gasteiger partial charge in [-0.3, -0.25) is 9.69 Å². The van der Waals surface area contributed by atoms with Gasteiger partial charge >= 0.3 is 0 Å². The summed E-state index contributed by atoms with van der Waals surface area (Å²) in [6.45, 7) is 5.39. The molecule has 3 saturated heterocycles. The van der Waals surface area contributed by atoms with Crippen LogP contribution in [-0.4, -0.2) is 62.3 Å². The smallest absolute Gasteiger partial charge is 0.234 e. The minimum Gasteiger partial charge on any atom is -0.376 e. The van der Waals surface area contributed by atoms with Gasteiger partial charge in [-0.25, -0.2) is 0 Å². The van der Waals surface area contributed by atoms with E-state index >= 15 is 0 Å². The lowest BCUT2D eigenvalue weighted by Crippen LogP contribution is -2.47. The van der Waals surface area contributed by atoms with Crippen LogP contribution in [0.4, 0.5) is 0 Å². The van der Waals surface area contributed by atoms with Crippen molar-refractivity contribution in [2.24, 2.45) is 5.92 Å². The zero-order valence-corrected chi connectivity index (χ0v) is 13.0. The van der Waals surface area contributed by atoms with Crippen molar-refractivity contribution < 1.29 is 9.53 Å². The van der Waals surface area contributed by atoms with Gasteiger partial charge in [0.05, 0.1) is 12.6 Å². The lowest BCUT2D eigenvalue weighted by Gasteiger charge is -2.35. The summed E-state index contributed by atoms with van der Waals surface area (Å²) in [4.78, 5) is 14.4. The maximum absolute atomic E-state index is 12.1. The molecule has 0 saturated carbocycles. The van der Waals surface area contributed by atoms with Crippen molar-refractivity contribution in [1.29, 1.82) is 0 Å². The maximum Gasteiger partial charge on any atom is 0.234 e. The van der Waals surface area contributed by atoms with Crippen molar-refractivity contribution in [2.75, 3.05) is 39.3 Å². The molecule has 0 bridgehead atoms. The van der Waals surface area contributed by atoms with Crippen molar-refractivity contribution >= 4 is 5.91 Å². The number of ether oxygens (including phenoxy) is 1. The highest BCUT2D eigenvalue weighted by molar-refractivity contribution is 5.78. The van der Waals surface area contributed by atoms with Gasteiger partial charge in [0.1, 0.15) is 0 Å². The van der Waals surface area contributed by atoms with E-state index in [0.717, 1.165) is 38.5 Å². The maximum atomic E-state index is 12.1. The Morgan fingerprint density at radius 2 is 2.19 bits per heavy atom. The Balaban J connectivity index is 1.38. The Labute approximate surface area is 127 Å². The van der Waals surface area contributed by atoms with E-state index in [1.165, 1.54) is 32.2 Å². The first-order valence-electron chi connectivity index (χ1n) is 8.65. The Hall–Kier alpha value is -0.650. The van der Waals surface area contributed by atoms with Crippen molar-refractivity contribution in [3.05, 3.63) is 0 Å². The second-order valence-electron chi connectivity index (χ2n) is 6.78. The summed E-state index contributed by atoms with van der Waals surface area (Å²) in [6, 6.07) is 0.683. The Morgan fingerprint density at radius 3 is 2.95 bits per heavy atom. The molecule has 3 atom stereocenters. The number of hydrogen-bond donors (Lipinski definition) is 2. The Morgan fingerprint density at radius 1 is 1.24 bits per heavy atom. The summed E-state index contributed by atoms with van der Waals surface area (Å²) in [6.07, 6.45) is 7.60. The van der Waals surface area contributed by atoms with E-state index in [2.05, 4.69) is 15.5 Å². The molecular weight excluding hydrogens is 266 g/mol. The van der Waals surface area contributed by atoms with Crippen LogP contribution in [0.3, 0.4) is 0 Å². The van der Waals surface area contributed by atoms with Crippen molar-refractivity contribution in [3.8, 4) is 0 Å². The molecule has 120 valence electrons. The number of carbonyl (C=O) groups is 1. The number of piperidine rings is 1. The highest BCUT2D eigenvalue weighted by Gasteiger charge is 2.29. The van der Waals surface area contributed by atoms with Crippen molar-refractivity contribution in [2.45, 2.75) is 50.7 Å². The molecular formula is C16H29N3O2. The first-order valence-corrected chi connectivity index (χ1v) is 8.65. The molecule has 0 aromatic heterocycles. The zero-order valence-electron chi connectivity index (χ0n) is 13.0. The number of amides is 1. The standard InChI is InChI=1S/C16H29N3O2/c20-16(18-10-14-5-3-9-21-14)12-19-8-2-4-13(11-19)15-6-1-7-17-15/h13-15,17H,1-12H2,(H,18,20). The fourth-order valence-electron chi connectivity index (χ4n) is 3.97. The predicted octanol–water partition coefficient (Wildman–Crippen LogP) is 0.746. The molecule has 0 aliphatic carbocycles. The van der Waals surface area contributed by atoms with Crippen LogP contribution in [0.2, 0.25) is 0 Å². The van der Waals surface area contributed by atoms with Crippen molar-refractivity contribution in [1.82, 2.24) is 15.5 Å². The SMILES string of the molecule is O=C(CN1CCCC(C2CCCN2)C1)NCC1CCCO1. The molecule has 0 spiro atoms. The summed E-state index contributed by atoms with van der Waals surface area (Å²) in [5, 5.41) is 6.65. The monoisotopic (exact) mass is 295 g/mol. The third-order valence-corrected chi connectivity index (χ3v) is 5.13. The van der Waals surface area contributed by atoms with Gasteiger partial charge in [-0.15, -0.1) is 0 Å². The molecule has 1 amide bonds. The van der Waals surface area contributed by atoms with E-state index in [9.17, 15) is 4.79 Å². The van der Waals surface area contributed by atoms with E-state index in [0.29, 0.717) is 19.1 Å². The summed E-state index contributed by atoms with van der Waals surface area (Å²) in [5.41, 5.74) is 0. The third kappa shape index (κ3) is 4.41. The lowest BCUT2D eigenvalue weighted by molar-refractivity contribution is -0.123. The topological polar surface area (TPSA) is 53.6 Å². The molecule has 3 aliphatic rings. The highest BCUT2D eigenvalue weighted by Crippen LogP contribution is 2.24. The van der Waals surface area contributed by atoms with E-state index in [4.69, 9.17) is 4.74 Å². The summed E-state index contributed by atoms with van der Waals surface area (Å²) >= 11 is 0. The van der Waals surface area contributed by atoms with Gasteiger partial charge in [-0.1, -0.05) is 0 Å². The van der Waals surface area contributed by atoms with Crippen LogP contribution >= 0.6 is 0 Å². The molecule has 3 heterocycles. The van der Waals surface area contributed by atoms with Crippen LogP contribution in [0.25, 0.3) is 0 Å². The minimum atomic E-state index is 0.158. The van der Waals surface area contributed by atoms with E-state index in [1.807, 2.05) is 0 Å². The van der Waals surface area contributed by atoms with Crippen LogP contribution < -0.4 is 10.6 Å². The van der Waals surface area contributed by atoms with Crippen LogP contribution in [0, 0.1) is 5.92 Å². The molecule has 2 N–H and O–H groups in total. The van der Waals surface area contributed by atoms with Gasteiger partial charge < -0.3 is 15.4 Å².